The van der Waals surface area contributed by atoms with E-state index in [9.17, 15) is 0 Å². The second-order valence-electron chi connectivity index (χ2n) is 4.65. The van der Waals surface area contributed by atoms with Crippen molar-refractivity contribution < 1.29 is 9.15 Å². The Morgan fingerprint density at radius 3 is 3.05 bits per heavy atom. The SMILES string of the molecule is ClCCCc1nnc(C2COc3ccccc3C2)o1. The Bertz CT molecular complexity index is 556. The summed E-state index contributed by atoms with van der Waals surface area (Å²) in [6, 6.07) is 8.07. The predicted octanol–water partition coefficient (Wildman–Crippen LogP) is 2.96. The van der Waals surface area contributed by atoms with Crippen molar-refractivity contribution in [1.82, 2.24) is 10.2 Å². The third-order valence-electron chi connectivity index (χ3n) is 3.23. The number of hydrogen-bond donors (Lipinski definition) is 0. The van der Waals surface area contributed by atoms with Crippen molar-refractivity contribution >= 4 is 11.6 Å². The van der Waals surface area contributed by atoms with Crippen molar-refractivity contribution in [3.05, 3.63) is 41.6 Å². The number of para-hydroxylation sites is 1. The Morgan fingerprint density at radius 1 is 1.26 bits per heavy atom. The minimum Gasteiger partial charge on any atom is -0.492 e. The molecule has 5 heteroatoms. The Balaban J connectivity index is 1.72. The van der Waals surface area contributed by atoms with Crippen molar-refractivity contribution in [3.8, 4) is 5.75 Å². The fourth-order valence-electron chi connectivity index (χ4n) is 2.24. The van der Waals surface area contributed by atoms with Gasteiger partial charge < -0.3 is 9.15 Å². The van der Waals surface area contributed by atoms with Gasteiger partial charge in [-0.3, -0.25) is 0 Å². The first kappa shape index (κ1) is 12.5. The number of benzene rings is 1. The molecule has 19 heavy (non-hydrogen) atoms. The van der Waals surface area contributed by atoms with E-state index in [1.807, 2.05) is 18.2 Å². The van der Waals surface area contributed by atoms with Crippen LogP contribution in [0.15, 0.2) is 28.7 Å². The maximum absolute atomic E-state index is 5.73. The van der Waals surface area contributed by atoms with E-state index in [1.165, 1.54) is 5.56 Å². The highest BCUT2D eigenvalue weighted by atomic mass is 35.5. The lowest BCUT2D eigenvalue weighted by molar-refractivity contribution is 0.239. The van der Waals surface area contributed by atoms with Gasteiger partial charge in [0.15, 0.2) is 0 Å². The van der Waals surface area contributed by atoms with Crippen molar-refractivity contribution in [2.24, 2.45) is 0 Å². The van der Waals surface area contributed by atoms with Gasteiger partial charge in [-0.2, -0.15) is 0 Å². The van der Waals surface area contributed by atoms with Crippen molar-refractivity contribution in [3.63, 3.8) is 0 Å². The van der Waals surface area contributed by atoms with E-state index < -0.39 is 0 Å². The highest BCUT2D eigenvalue weighted by molar-refractivity contribution is 6.17. The van der Waals surface area contributed by atoms with Crippen LogP contribution in [0.25, 0.3) is 0 Å². The zero-order valence-corrected chi connectivity index (χ0v) is 11.3. The first-order valence-corrected chi connectivity index (χ1v) is 6.99. The van der Waals surface area contributed by atoms with Crippen LogP contribution >= 0.6 is 11.6 Å². The fraction of sp³-hybridized carbons (Fsp3) is 0.429. The molecule has 0 fully saturated rings. The van der Waals surface area contributed by atoms with Crippen LogP contribution in [0.3, 0.4) is 0 Å². The van der Waals surface area contributed by atoms with Gasteiger partial charge in [-0.15, -0.1) is 21.8 Å². The minimum absolute atomic E-state index is 0.146. The van der Waals surface area contributed by atoms with Crippen molar-refractivity contribution in [2.45, 2.75) is 25.2 Å². The van der Waals surface area contributed by atoms with Crippen LogP contribution in [0.2, 0.25) is 0 Å². The minimum atomic E-state index is 0.146. The lowest BCUT2D eigenvalue weighted by Gasteiger charge is -2.22. The van der Waals surface area contributed by atoms with Crippen LogP contribution in [0.4, 0.5) is 0 Å². The quantitative estimate of drug-likeness (QED) is 0.807. The second-order valence-corrected chi connectivity index (χ2v) is 5.02. The van der Waals surface area contributed by atoms with Crippen LogP contribution in [-0.4, -0.2) is 22.7 Å². The molecule has 0 amide bonds. The number of rotatable bonds is 4. The van der Waals surface area contributed by atoms with Gasteiger partial charge in [0, 0.05) is 12.3 Å². The van der Waals surface area contributed by atoms with E-state index in [1.54, 1.807) is 0 Å². The molecule has 0 aliphatic carbocycles. The first-order chi connectivity index (χ1) is 9.36. The summed E-state index contributed by atoms with van der Waals surface area (Å²) >= 11 is 5.65. The number of fused-ring (bicyclic) bond motifs is 1. The van der Waals surface area contributed by atoms with E-state index in [4.69, 9.17) is 20.8 Å². The summed E-state index contributed by atoms with van der Waals surface area (Å²) in [4.78, 5) is 0. The van der Waals surface area contributed by atoms with Crippen LogP contribution in [0.5, 0.6) is 5.75 Å². The van der Waals surface area contributed by atoms with E-state index in [0.717, 1.165) is 25.0 Å². The molecule has 2 heterocycles. The third kappa shape index (κ3) is 2.73. The zero-order valence-electron chi connectivity index (χ0n) is 10.5. The molecule has 100 valence electrons. The summed E-state index contributed by atoms with van der Waals surface area (Å²) in [6.45, 7) is 0.591. The zero-order chi connectivity index (χ0) is 13.1. The molecule has 0 spiro atoms. The third-order valence-corrected chi connectivity index (χ3v) is 3.50. The molecule has 1 aromatic carbocycles. The number of hydrogen-bond acceptors (Lipinski definition) is 4. The highest BCUT2D eigenvalue weighted by Gasteiger charge is 2.25. The molecule has 1 unspecified atom stereocenters. The van der Waals surface area contributed by atoms with Crippen molar-refractivity contribution in [1.29, 1.82) is 0 Å². The first-order valence-electron chi connectivity index (χ1n) is 6.46. The maximum atomic E-state index is 5.73. The Morgan fingerprint density at radius 2 is 2.16 bits per heavy atom. The predicted molar refractivity (Wildman–Crippen MR) is 71.7 cm³/mol. The Labute approximate surface area is 116 Å². The normalized spacial score (nSPS) is 17.8. The van der Waals surface area contributed by atoms with Gasteiger partial charge in [-0.05, 0) is 24.5 Å². The smallest absolute Gasteiger partial charge is 0.223 e. The standard InChI is InChI=1S/C14H15ClN2O2/c15-7-3-6-13-16-17-14(19-13)11-8-10-4-1-2-5-12(10)18-9-11/h1-2,4-5,11H,3,6-9H2. The molecule has 3 rings (SSSR count). The molecule has 1 aliphatic heterocycles. The molecule has 1 aliphatic rings. The van der Waals surface area contributed by atoms with E-state index in [2.05, 4.69) is 16.3 Å². The van der Waals surface area contributed by atoms with Crippen molar-refractivity contribution in [2.75, 3.05) is 12.5 Å². The number of alkyl halides is 1. The number of aromatic nitrogens is 2. The fourth-order valence-corrected chi connectivity index (χ4v) is 2.37. The number of aryl methyl sites for hydroxylation is 1. The van der Waals surface area contributed by atoms with Gasteiger partial charge in [0.2, 0.25) is 11.8 Å². The summed E-state index contributed by atoms with van der Waals surface area (Å²) in [5, 5.41) is 8.18. The van der Waals surface area contributed by atoms with E-state index in [-0.39, 0.29) is 5.92 Å². The largest absolute Gasteiger partial charge is 0.492 e. The van der Waals surface area contributed by atoms with Gasteiger partial charge in [-0.25, -0.2) is 0 Å². The molecule has 0 saturated heterocycles. The molecule has 1 aromatic heterocycles. The van der Waals surface area contributed by atoms with Crippen LogP contribution in [-0.2, 0) is 12.8 Å². The average Bonchev–Trinajstić information content (AvgIpc) is 2.93. The molecular weight excluding hydrogens is 264 g/mol. The van der Waals surface area contributed by atoms with Gasteiger partial charge in [-0.1, -0.05) is 18.2 Å². The summed E-state index contributed by atoms with van der Waals surface area (Å²) < 4.78 is 11.4. The van der Waals surface area contributed by atoms with E-state index in [0.29, 0.717) is 24.3 Å². The van der Waals surface area contributed by atoms with E-state index >= 15 is 0 Å². The maximum Gasteiger partial charge on any atom is 0.223 e. The molecule has 2 aromatic rings. The van der Waals surface area contributed by atoms with Gasteiger partial charge >= 0.3 is 0 Å². The lowest BCUT2D eigenvalue weighted by atomic mass is 9.97. The Kier molecular flexibility index (Phi) is 3.69. The second kappa shape index (κ2) is 5.61. The molecule has 4 nitrogen and oxygen atoms in total. The molecule has 0 radical (unpaired) electrons. The monoisotopic (exact) mass is 278 g/mol. The lowest BCUT2D eigenvalue weighted by Crippen LogP contribution is -2.19. The van der Waals surface area contributed by atoms with Crippen LogP contribution in [0.1, 0.15) is 29.7 Å². The summed E-state index contributed by atoms with van der Waals surface area (Å²) in [5.41, 5.74) is 1.19. The molecule has 0 bridgehead atoms. The summed E-state index contributed by atoms with van der Waals surface area (Å²) in [6.07, 6.45) is 2.47. The Hall–Kier alpha value is -1.55. The number of halogens is 1. The van der Waals surface area contributed by atoms with Gasteiger partial charge in [0.05, 0.1) is 5.92 Å². The van der Waals surface area contributed by atoms with Crippen LogP contribution < -0.4 is 4.74 Å². The van der Waals surface area contributed by atoms with Gasteiger partial charge in [0.25, 0.3) is 0 Å². The summed E-state index contributed by atoms with van der Waals surface area (Å²) in [5.74, 6) is 3.04. The highest BCUT2D eigenvalue weighted by Crippen LogP contribution is 2.31. The number of nitrogens with zero attached hydrogens (tertiary/aromatic N) is 2. The molecule has 0 saturated carbocycles. The average molecular weight is 279 g/mol. The molecule has 1 atom stereocenters. The molecular formula is C14H15ClN2O2. The van der Waals surface area contributed by atoms with Gasteiger partial charge in [0.1, 0.15) is 12.4 Å². The molecule has 0 N–H and O–H groups in total. The number of ether oxygens (including phenoxy) is 1. The van der Waals surface area contributed by atoms with Crippen LogP contribution in [0, 0.1) is 0 Å². The topological polar surface area (TPSA) is 48.2 Å². The summed E-state index contributed by atoms with van der Waals surface area (Å²) in [7, 11) is 0.